The SMILES string of the molecule is Cc1cc(S(=O)(=O)CC2CCC2)c(N)c(=O)n1CC(=O)NCc1ccc2[nH]c[nH+]c2n1. The van der Waals surface area contributed by atoms with E-state index in [1.807, 2.05) is 6.07 Å². The second-order valence-electron chi connectivity index (χ2n) is 7.94. The Morgan fingerprint density at radius 1 is 1.39 bits per heavy atom. The second kappa shape index (κ2) is 8.14. The minimum absolute atomic E-state index is 0.00348. The molecular formula is C20H25N6O4S+. The number of anilines is 1. The third-order valence-corrected chi connectivity index (χ3v) is 7.60. The first-order valence-corrected chi connectivity index (χ1v) is 11.7. The molecule has 1 aliphatic rings. The molecule has 3 heterocycles. The van der Waals surface area contributed by atoms with Gasteiger partial charge in [0.05, 0.1) is 17.2 Å². The molecule has 164 valence electrons. The molecule has 11 heteroatoms. The Morgan fingerprint density at radius 2 is 2.16 bits per heavy atom. The topological polar surface area (TPSA) is 154 Å². The lowest BCUT2D eigenvalue weighted by Gasteiger charge is -2.25. The number of rotatable bonds is 7. The lowest BCUT2D eigenvalue weighted by Crippen LogP contribution is -2.35. The van der Waals surface area contributed by atoms with E-state index in [1.165, 1.54) is 10.6 Å². The number of aryl methyl sites for hydroxylation is 1. The summed E-state index contributed by atoms with van der Waals surface area (Å²) in [6.07, 6.45) is 4.44. The average molecular weight is 446 g/mol. The van der Waals surface area contributed by atoms with Crippen molar-refractivity contribution in [2.24, 2.45) is 5.92 Å². The number of carbonyl (C=O) groups is 1. The number of nitrogens with zero attached hydrogens (tertiary/aromatic N) is 2. The molecule has 0 atom stereocenters. The van der Waals surface area contributed by atoms with Crippen molar-refractivity contribution in [3.8, 4) is 0 Å². The van der Waals surface area contributed by atoms with Gasteiger partial charge in [-0.15, -0.1) is 4.98 Å². The average Bonchev–Trinajstić information content (AvgIpc) is 3.17. The van der Waals surface area contributed by atoms with Gasteiger partial charge >= 0.3 is 0 Å². The molecule has 1 amide bonds. The predicted molar refractivity (Wildman–Crippen MR) is 114 cm³/mol. The Labute approximate surface area is 178 Å². The molecule has 31 heavy (non-hydrogen) atoms. The molecule has 0 unspecified atom stereocenters. The van der Waals surface area contributed by atoms with E-state index < -0.39 is 21.3 Å². The van der Waals surface area contributed by atoms with Gasteiger partial charge in [-0.1, -0.05) is 6.42 Å². The summed E-state index contributed by atoms with van der Waals surface area (Å²) in [6.45, 7) is 1.51. The molecule has 3 aromatic rings. The van der Waals surface area contributed by atoms with Gasteiger partial charge in [0.15, 0.2) is 21.7 Å². The first kappa shape index (κ1) is 21.0. The maximum absolute atomic E-state index is 12.7. The van der Waals surface area contributed by atoms with Crippen LogP contribution < -0.4 is 21.6 Å². The Bertz CT molecular complexity index is 1310. The van der Waals surface area contributed by atoms with Crippen LogP contribution in [-0.4, -0.2) is 34.6 Å². The Kier molecular flexibility index (Phi) is 5.52. The second-order valence-corrected chi connectivity index (χ2v) is 9.94. The summed E-state index contributed by atoms with van der Waals surface area (Å²) in [5, 5.41) is 2.72. The van der Waals surface area contributed by atoms with Gasteiger partial charge in [-0.3, -0.25) is 14.6 Å². The van der Waals surface area contributed by atoms with Crippen LogP contribution in [0.3, 0.4) is 0 Å². The normalized spacial score (nSPS) is 14.5. The smallest absolute Gasteiger partial charge is 0.299 e. The summed E-state index contributed by atoms with van der Waals surface area (Å²) in [6, 6.07) is 5.01. The van der Waals surface area contributed by atoms with E-state index >= 15 is 0 Å². The molecule has 1 saturated carbocycles. The van der Waals surface area contributed by atoms with E-state index in [9.17, 15) is 18.0 Å². The number of hydrogen-bond donors (Lipinski definition) is 3. The number of nitrogens with two attached hydrogens (primary N) is 1. The fourth-order valence-electron chi connectivity index (χ4n) is 3.67. The summed E-state index contributed by atoms with van der Waals surface area (Å²) >= 11 is 0. The quantitative estimate of drug-likeness (QED) is 0.476. The molecule has 5 N–H and O–H groups in total. The van der Waals surface area contributed by atoms with Crippen molar-refractivity contribution in [2.45, 2.75) is 44.2 Å². The van der Waals surface area contributed by atoms with Crippen LogP contribution in [0.4, 0.5) is 5.69 Å². The Morgan fingerprint density at radius 3 is 2.87 bits per heavy atom. The number of aromatic amines is 2. The molecule has 0 aliphatic heterocycles. The largest absolute Gasteiger partial charge is 0.393 e. The standard InChI is InChI=1S/C20H24N6O4S/c1-12-7-16(31(29,30)10-13-3-2-4-13)18(21)20(28)26(12)9-17(27)22-8-14-5-6-15-19(25-14)24-11-23-15/h5-7,11,13H,2-4,8-10,21H2,1H3,(H,22,27)(H,23,24,25)/p+1. The first-order valence-electron chi connectivity index (χ1n) is 10.1. The summed E-state index contributed by atoms with van der Waals surface area (Å²) in [7, 11) is -3.65. The number of hydrogen-bond acceptors (Lipinski definition) is 6. The number of imidazole rings is 1. The molecule has 4 rings (SSSR count). The van der Waals surface area contributed by atoms with E-state index in [2.05, 4.69) is 20.3 Å². The van der Waals surface area contributed by atoms with Gasteiger partial charge in [0.25, 0.3) is 11.2 Å². The van der Waals surface area contributed by atoms with Crippen molar-refractivity contribution in [2.75, 3.05) is 11.5 Å². The Hall–Kier alpha value is -3.21. The third-order valence-electron chi connectivity index (χ3n) is 5.68. The maximum atomic E-state index is 12.7. The van der Waals surface area contributed by atoms with Gasteiger partial charge in [0, 0.05) is 5.69 Å². The third kappa shape index (κ3) is 4.31. The fraction of sp³-hybridized carbons (Fsp3) is 0.400. The molecule has 3 aromatic heterocycles. The van der Waals surface area contributed by atoms with Crippen molar-refractivity contribution in [3.05, 3.63) is 46.3 Å². The van der Waals surface area contributed by atoms with E-state index in [1.54, 1.807) is 19.3 Å². The number of nitrogen functional groups attached to an aromatic ring is 1. The van der Waals surface area contributed by atoms with Crippen LogP contribution in [-0.2, 0) is 27.7 Å². The van der Waals surface area contributed by atoms with Crippen molar-refractivity contribution in [1.82, 2.24) is 19.9 Å². The number of carbonyl (C=O) groups excluding carboxylic acids is 1. The zero-order valence-electron chi connectivity index (χ0n) is 17.1. The van der Waals surface area contributed by atoms with Crippen molar-refractivity contribution in [3.63, 3.8) is 0 Å². The van der Waals surface area contributed by atoms with E-state index in [-0.39, 0.29) is 35.3 Å². The lowest BCUT2D eigenvalue weighted by atomic mass is 9.87. The van der Waals surface area contributed by atoms with Crippen molar-refractivity contribution < 1.29 is 18.2 Å². The van der Waals surface area contributed by atoms with E-state index in [0.717, 1.165) is 24.8 Å². The van der Waals surface area contributed by atoms with Crippen LogP contribution in [0.5, 0.6) is 0 Å². The highest BCUT2D eigenvalue weighted by Gasteiger charge is 2.29. The molecule has 0 bridgehead atoms. The van der Waals surface area contributed by atoms with Crippen molar-refractivity contribution >= 4 is 32.6 Å². The van der Waals surface area contributed by atoms with Crippen LogP contribution in [0.25, 0.3) is 11.2 Å². The van der Waals surface area contributed by atoms with Gasteiger partial charge in [-0.25, -0.2) is 13.4 Å². The van der Waals surface area contributed by atoms with Gasteiger partial charge in [0.1, 0.15) is 17.9 Å². The Balaban J connectivity index is 1.48. The van der Waals surface area contributed by atoms with Crippen LogP contribution in [0, 0.1) is 12.8 Å². The molecular weight excluding hydrogens is 420 g/mol. The van der Waals surface area contributed by atoms with Crippen LogP contribution in [0.1, 0.15) is 30.7 Å². The summed E-state index contributed by atoms with van der Waals surface area (Å²) in [4.78, 5) is 35.3. The molecule has 1 aliphatic carbocycles. The number of pyridine rings is 2. The first-order chi connectivity index (χ1) is 14.7. The highest BCUT2D eigenvalue weighted by atomic mass is 32.2. The van der Waals surface area contributed by atoms with Crippen LogP contribution in [0.2, 0.25) is 0 Å². The molecule has 0 spiro atoms. The highest BCUT2D eigenvalue weighted by molar-refractivity contribution is 7.91. The van der Waals surface area contributed by atoms with E-state index in [0.29, 0.717) is 17.0 Å². The maximum Gasteiger partial charge on any atom is 0.299 e. The lowest BCUT2D eigenvalue weighted by molar-refractivity contribution is -0.347. The molecule has 10 nitrogen and oxygen atoms in total. The van der Waals surface area contributed by atoms with Gasteiger partial charge in [0.2, 0.25) is 5.91 Å². The summed E-state index contributed by atoms with van der Waals surface area (Å²) < 4.78 is 26.6. The fourth-order valence-corrected chi connectivity index (χ4v) is 5.57. The summed E-state index contributed by atoms with van der Waals surface area (Å²) in [5.74, 6) is -0.291. The highest BCUT2D eigenvalue weighted by Crippen LogP contribution is 2.30. The minimum Gasteiger partial charge on any atom is -0.393 e. The van der Waals surface area contributed by atoms with Gasteiger partial charge < -0.3 is 15.6 Å². The monoisotopic (exact) mass is 445 g/mol. The number of sulfone groups is 1. The zero-order chi connectivity index (χ0) is 22.2. The number of fused-ring (bicyclic) bond motifs is 1. The van der Waals surface area contributed by atoms with Crippen LogP contribution in [0.15, 0.2) is 34.2 Å². The number of nitrogens with one attached hydrogen (secondary N) is 3. The summed E-state index contributed by atoms with van der Waals surface area (Å²) in [5.41, 5.74) is 7.41. The number of H-pyrrole nitrogens is 2. The molecule has 0 aromatic carbocycles. The van der Waals surface area contributed by atoms with Gasteiger partial charge in [-0.2, -0.15) is 0 Å². The number of amides is 1. The molecule has 0 radical (unpaired) electrons. The van der Waals surface area contributed by atoms with E-state index in [4.69, 9.17) is 5.73 Å². The number of aromatic nitrogens is 4. The van der Waals surface area contributed by atoms with Crippen molar-refractivity contribution in [1.29, 1.82) is 0 Å². The molecule has 1 fully saturated rings. The van der Waals surface area contributed by atoms with Gasteiger partial charge in [-0.05, 0) is 43.9 Å². The predicted octanol–water partition coefficient (Wildman–Crippen LogP) is 0.320. The minimum atomic E-state index is -3.65. The molecule has 0 saturated heterocycles. The zero-order valence-corrected chi connectivity index (χ0v) is 18.0. The van der Waals surface area contributed by atoms with Crippen LogP contribution >= 0.6 is 0 Å².